The maximum atomic E-state index is 14.1. The Bertz CT molecular complexity index is 282. The van der Waals surface area contributed by atoms with Crippen LogP contribution in [0.15, 0.2) is 0 Å². The molecule has 1 N–H and O–H groups in total. The minimum absolute atomic E-state index is 0.237. The van der Waals surface area contributed by atoms with Gasteiger partial charge in [-0.05, 0) is 32.1 Å². The summed E-state index contributed by atoms with van der Waals surface area (Å²) in [6.45, 7) is 10.8. The van der Waals surface area contributed by atoms with E-state index < -0.39 is 13.0 Å². The summed E-state index contributed by atoms with van der Waals surface area (Å²) in [6, 6.07) is 0. The van der Waals surface area contributed by atoms with Gasteiger partial charge in [-0.3, -0.25) is 0 Å². The van der Waals surface area contributed by atoms with E-state index >= 15 is 0 Å². The summed E-state index contributed by atoms with van der Waals surface area (Å²) in [7, 11) is -2.57. The van der Waals surface area contributed by atoms with Gasteiger partial charge < -0.3 is 9.67 Å². The van der Waals surface area contributed by atoms with Gasteiger partial charge in [0.15, 0.2) is 0 Å². The van der Waals surface area contributed by atoms with E-state index in [1.165, 1.54) is 0 Å². The molecular formula is C19H41O2P. The van der Waals surface area contributed by atoms with Gasteiger partial charge in [-0.25, -0.2) is 0 Å². The van der Waals surface area contributed by atoms with Crippen molar-refractivity contribution >= 4 is 7.14 Å². The number of hydrogen-bond acceptors (Lipinski definition) is 2. The zero-order chi connectivity index (χ0) is 17.0. The van der Waals surface area contributed by atoms with Crippen molar-refractivity contribution in [3.63, 3.8) is 0 Å². The summed E-state index contributed by atoms with van der Waals surface area (Å²) in [4.78, 5) is 0. The fourth-order valence-electron chi connectivity index (χ4n) is 3.71. The second-order valence-electron chi connectivity index (χ2n) is 6.82. The van der Waals surface area contributed by atoms with Crippen LogP contribution in [0.25, 0.3) is 0 Å². The molecular weight excluding hydrogens is 291 g/mol. The largest absolute Gasteiger partial charge is 0.385 e. The third-order valence-corrected chi connectivity index (χ3v) is 9.61. The van der Waals surface area contributed by atoms with E-state index in [0.717, 1.165) is 64.2 Å². The monoisotopic (exact) mass is 332 g/mol. The van der Waals surface area contributed by atoms with Crippen molar-refractivity contribution in [1.29, 1.82) is 0 Å². The van der Waals surface area contributed by atoms with E-state index in [-0.39, 0.29) is 11.3 Å². The molecule has 3 heteroatoms. The highest BCUT2D eigenvalue weighted by Crippen LogP contribution is 2.64. The molecule has 0 aliphatic rings. The van der Waals surface area contributed by atoms with Crippen LogP contribution >= 0.6 is 7.14 Å². The van der Waals surface area contributed by atoms with Crippen molar-refractivity contribution in [2.45, 2.75) is 122 Å². The summed E-state index contributed by atoms with van der Waals surface area (Å²) in [6.07, 6.45) is 11.4. The van der Waals surface area contributed by atoms with E-state index in [1.807, 2.05) is 6.92 Å². The lowest BCUT2D eigenvalue weighted by atomic mass is 10.1. The van der Waals surface area contributed by atoms with Gasteiger partial charge in [0.25, 0.3) is 0 Å². The molecule has 0 aromatic rings. The lowest BCUT2D eigenvalue weighted by Crippen LogP contribution is -2.27. The van der Waals surface area contributed by atoms with Crippen LogP contribution in [0.5, 0.6) is 0 Å². The molecule has 0 aliphatic heterocycles. The lowest BCUT2D eigenvalue weighted by molar-refractivity contribution is 0.236. The van der Waals surface area contributed by atoms with Crippen molar-refractivity contribution < 1.29 is 9.67 Å². The molecule has 0 aromatic carbocycles. The Morgan fingerprint density at radius 2 is 1.14 bits per heavy atom. The Labute approximate surface area is 139 Å². The van der Waals surface area contributed by atoms with Crippen LogP contribution in [0.2, 0.25) is 0 Å². The zero-order valence-corrected chi connectivity index (χ0v) is 16.7. The van der Waals surface area contributed by atoms with Gasteiger partial charge in [0.2, 0.25) is 0 Å². The summed E-state index contributed by atoms with van der Waals surface area (Å²) in [5.41, 5.74) is 0.474. The quantitative estimate of drug-likeness (QED) is 0.355. The normalized spacial score (nSPS) is 18.6. The van der Waals surface area contributed by atoms with Gasteiger partial charge in [0, 0.05) is 11.3 Å². The average Bonchev–Trinajstić information content (AvgIpc) is 2.53. The van der Waals surface area contributed by atoms with Crippen LogP contribution in [-0.2, 0) is 4.57 Å². The highest BCUT2D eigenvalue weighted by atomic mass is 31.2. The zero-order valence-electron chi connectivity index (χ0n) is 15.8. The predicted molar refractivity (Wildman–Crippen MR) is 100 cm³/mol. The van der Waals surface area contributed by atoms with Crippen LogP contribution in [0.1, 0.15) is 105 Å². The van der Waals surface area contributed by atoms with Gasteiger partial charge in [-0.1, -0.05) is 73.1 Å². The number of aliphatic hydroxyl groups is 1. The minimum atomic E-state index is -2.57. The first-order valence-corrected chi connectivity index (χ1v) is 11.7. The topological polar surface area (TPSA) is 37.3 Å². The Kier molecular flexibility index (Phi) is 12.7. The van der Waals surface area contributed by atoms with Crippen molar-refractivity contribution in [3.05, 3.63) is 0 Å². The highest BCUT2D eigenvalue weighted by Gasteiger charge is 2.43. The summed E-state index contributed by atoms with van der Waals surface area (Å²) >= 11 is 0. The van der Waals surface area contributed by atoms with Crippen LogP contribution in [0, 0.1) is 0 Å². The first kappa shape index (κ1) is 22.2. The Hall–Kier alpha value is 0.190. The second-order valence-corrected chi connectivity index (χ2v) is 10.4. The van der Waals surface area contributed by atoms with Gasteiger partial charge in [0.05, 0.1) is 0 Å². The van der Waals surface area contributed by atoms with Crippen molar-refractivity contribution in [3.8, 4) is 0 Å². The van der Waals surface area contributed by atoms with E-state index in [1.54, 1.807) is 0 Å². The van der Waals surface area contributed by atoms with Crippen LogP contribution < -0.4 is 0 Å². The lowest BCUT2D eigenvalue weighted by Gasteiger charge is -2.38. The van der Waals surface area contributed by atoms with Crippen LogP contribution in [-0.4, -0.2) is 22.3 Å². The molecule has 3 unspecified atom stereocenters. The maximum absolute atomic E-state index is 14.1. The molecule has 0 amide bonds. The molecule has 3 atom stereocenters. The number of hydrogen-bond donors (Lipinski definition) is 1. The Morgan fingerprint density at radius 1 is 0.727 bits per heavy atom. The third kappa shape index (κ3) is 6.36. The molecule has 22 heavy (non-hydrogen) atoms. The first-order valence-electron chi connectivity index (χ1n) is 9.79. The number of aliphatic hydroxyl groups excluding tert-OH is 1. The summed E-state index contributed by atoms with van der Waals surface area (Å²) in [5.74, 6) is -0.589. The SMILES string of the molecule is CCCCC(CCC)P(=O)(C(O)CC)C(CCC)CCCC. The predicted octanol–water partition coefficient (Wildman–Crippen LogP) is 6.80. The first-order chi connectivity index (χ1) is 10.5. The van der Waals surface area contributed by atoms with Gasteiger partial charge in [-0.15, -0.1) is 0 Å². The fraction of sp³-hybridized carbons (Fsp3) is 1.00. The summed E-state index contributed by atoms with van der Waals surface area (Å²) in [5, 5.41) is 10.7. The molecule has 0 fully saturated rings. The molecule has 134 valence electrons. The van der Waals surface area contributed by atoms with Gasteiger partial charge >= 0.3 is 0 Å². The van der Waals surface area contributed by atoms with E-state index in [2.05, 4.69) is 27.7 Å². The minimum Gasteiger partial charge on any atom is -0.385 e. The average molecular weight is 333 g/mol. The molecule has 0 saturated carbocycles. The third-order valence-electron chi connectivity index (χ3n) is 5.00. The number of rotatable bonds is 14. The maximum Gasteiger partial charge on any atom is 0.120 e. The van der Waals surface area contributed by atoms with Gasteiger partial charge in [0.1, 0.15) is 13.0 Å². The fourth-order valence-corrected chi connectivity index (χ4v) is 8.35. The van der Waals surface area contributed by atoms with E-state index in [0.29, 0.717) is 6.42 Å². The molecule has 0 radical (unpaired) electrons. The molecule has 0 aliphatic carbocycles. The molecule has 0 heterocycles. The molecule has 0 bridgehead atoms. The Morgan fingerprint density at radius 3 is 1.41 bits per heavy atom. The smallest absolute Gasteiger partial charge is 0.120 e. The molecule has 0 aromatic heterocycles. The van der Waals surface area contributed by atoms with E-state index in [9.17, 15) is 9.67 Å². The van der Waals surface area contributed by atoms with E-state index in [4.69, 9.17) is 0 Å². The van der Waals surface area contributed by atoms with Crippen molar-refractivity contribution in [2.24, 2.45) is 0 Å². The standard InChI is InChI=1S/C19H41O2P/c1-6-11-15-17(13-8-3)22(21,19(20)10-5)18(14-9-4)16-12-7-2/h17-20H,6-16H2,1-5H3. The van der Waals surface area contributed by atoms with Crippen LogP contribution in [0.4, 0.5) is 0 Å². The second kappa shape index (κ2) is 12.6. The highest BCUT2D eigenvalue weighted by molar-refractivity contribution is 7.65. The molecule has 0 spiro atoms. The molecule has 0 rings (SSSR count). The number of unbranched alkanes of at least 4 members (excludes halogenated alkanes) is 2. The molecule has 2 nitrogen and oxygen atoms in total. The summed E-state index contributed by atoms with van der Waals surface area (Å²) < 4.78 is 14.1. The van der Waals surface area contributed by atoms with Crippen molar-refractivity contribution in [2.75, 3.05) is 0 Å². The molecule has 0 saturated heterocycles. The van der Waals surface area contributed by atoms with Crippen molar-refractivity contribution in [1.82, 2.24) is 0 Å². The Balaban J connectivity index is 5.48. The van der Waals surface area contributed by atoms with Crippen LogP contribution in [0.3, 0.4) is 0 Å². The van der Waals surface area contributed by atoms with Gasteiger partial charge in [-0.2, -0.15) is 0 Å².